The van der Waals surface area contributed by atoms with E-state index in [1.807, 2.05) is 18.2 Å². The van der Waals surface area contributed by atoms with Crippen molar-refractivity contribution < 1.29 is 14.4 Å². The summed E-state index contributed by atoms with van der Waals surface area (Å²) < 4.78 is 15.8. The van der Waals surface area contributed by atoms with Crippen LogP contribution in [0.1, 0.15) is 34.7 Å². The maximum Gasteiger partial charge on any atom is 0.271 e. The normalized spacial score (nSPS) is 16.6. The number of rotatable bonds is 3. The number of nitro groups is 1. The highest BCUT2D eigenvalue weighted by Gasteiger charge is 2.32. The molecule has 2 heterocycles. The number of nitro benzene ring substituents is 1. The summed E-state index contributed by atoms with van der Waals surface area (Å²) in [7, 11) is 0. The van der Waals surface area contributed by atoms with E-state index in [0.717, 1.165) is 40.2 Å². The van der Waals surface area contributed by atoms with Crippen LogP contribution in [0.4, 0.5) is 10.1 Å². The molecular formula is C27H17BrFN3O4S. The Labute approximate surface area is 221 Å². The number of phenols is 1. The summed E-state index contributed by atoms with van der Waals surface area (Å²) in [5.41, 5.74) is 4.30. The second-order valence-electron chi connectivity index (χ2n) is 8.79. The molecule has 184 valence electrons. The molecule has 7 nitrogen and oxygen atoms in total. The van der Waals surface area contributed by atoms with Gasteiger partial charge in [0.2, 0.25) is 0 Å². The van der Waals surface area contributed by atoms with Gasteiger partial charge >= 0.3 is 0 Å². The standard InChI is InChI=1S/C27H17BrFN3O4S/c28-21-13-18(32(35)36)11-16(25(21)33)12-22-26(34)31-24(15-5-8-17(29)9-6-15)20-10-7-14-3-1-2-4-19(14)23(20)30-27(31)37-22/h1-6,8-9,11-13,24,33H,7,10H2. The fourth-order valence-electron chi connectivity index (χ4n) is 4.93. The van der Waals surface area contributed by atoms with Gasteiger partial charge in [0.25, 0.3) is 11.2 Å². The molecule has 1 atom stereocenters. The zero-order valence-electron chi connectivity index (χ0n) is 19.0. The SMILES string of the molecule is O=c1c(=Cc2cc([N+](=O)[O-])cc(Br)c2O)sc2n1C(c1ccc(F)cc1)C1=C(N=2)c2ccccc2CC1. The molecule has 0 radical (unpaired) electrons. The minimum absolute atomic E-state index is 0.138. The Bertz CT molecular complexity index is 1830. The number of phenolic OH excluding ortho intramolecular Hbond substituents is 1. The van der Waals surface area contributed by atoms with Crippen LogP contribution in [0.25, 0.3) is 11.8 Å². The highest BCUT2D eigenvalue weighted by Crippen LogP contribution is 2.41. The van der Waals surface area contributed by atoms with Crippen molar-refractivity contribution in [3.05, 3.63) is 129 Å². The number of aromatic hydroxyl groups is 1. The van der Waals surface area contributed by atoms with Crippen LogP contribution in [0.5, 0.6) is 5.75 Å². The number of hydrogen-bond donors (Lipinski definition) is 1. The fourth-order valence-corrected chi connectivity index (χ4v) is 6.38. The maximum atomic E-state index is 13.8. The van der Waals surface area contributed by atoms with E-state index in [1.165, 1.54) is 35.9 Å². The van der Waals surface area contributed by atoms with Gasteiger partial charge in [0, 0.05) is 23.3 Å². The molecule has 0 bridgehead atoms. The van der Waals surface area contributed by atoms with E-state index >= 15 is 0 Å². The number of fused-ring (bicyclic) bond motifs is 3. The lowest BCUT2D eigenvalue weighted by molar-refractivity contribution is -0.385. The van der Waals surface area contributed by atoms with Gasteiger partial charge < -0.3 is 5.11 Å². The summed E-state index contributed by atoms with van der Waals surface area (Å²) in [6, 6.07) is 16.1. The first-order valence-corrected chi connectivity index (χ1v) is 13.0. The van der Waals surface area contributed by atoms with Crippen molar-refractivity contribution in [3.8, 4) is 5.75 Å². The van der Waals surface area contributed by atoms with E-state index in [2.05, 4.69) is 22.0 Å². The molecule has 1 aliphatic heterocycles. The lowest BCUT2D eigenvalue weighted by atomic mass is 9.83. The Balaban J connectivity index is 1.62. The van der Waals surface area contributed by atoms with Gasteiger partial charge in [-0.3, -0.25) is 19.5 Å². The van der Waals surface area contributed by atoms with E-state index in [-0.39, 0.29) is 37.4 Å². The number of thiazole rings is 1. The van der Waals surface area contributed by atoms with Gasteiger partial charge in [0.05, 0.1) is 25.7 Å². The summed E-state index contributed by atoms with van der Waals surface area (Å²) in [5, 5.41) is 21.9. The number of nitrogens with zero attached hydrogens (tertiary/aromatic N) is 3. The molecule has 0 saturated heterocycles. The van der Waals surface area contributed by atoms with Crippen LogP contribution < -0.4 is 14.9 Å². The Kier molecular flexibility index (Phi) is 5.65. The number of allylic oxidation sites excluding steroid dienone is 1. The first kappa shape index (κ1) is 23.5. The van der Waals surface area contributed by atoms with Crippen molar-refractivity contribution in [3.63, 3.8) is 0 Å². The summed E-state index contributed by atoms with van der Waals surface area (Å²) >= 11 is 4.29. The molecule has 3 aromatic carbocycles. The summed E-state index contributed by atoms with van der Waals surface area (Å²) in [5.74, 6) is -0.578. The highest BCUT2D eigenvalue weighted by molar-refractivity contribution is 9.10. The van der Waals surface area contributed by atoms with E-state index in [1.54, 1.807) is 16.7 Å². The van der Waals surface area contributed by atoms with Crippen LogP contribution in [0.15, 0.2) is 80.5 Å². The molecule has 37 heavy (non-hydrogen) atoms. The van der Waals surface area contributed by atoms with E-state index < -0.39 is 11.0 Å². The van der Waals surface area contributed by atoms with Crippen LogP contribution in [0.3, 0.4) is 0 Å². The van der Waals surface area contributed by atoms with Gasteiger partial charge in [0.15, 0.2) is 4.80 Å². The topological polar surface area (TPSA) is 97.7 Å². The first-order chi connectivity index (χ1) is 17.8. The number of halogens is 2. The molecule has 4 aromatic rings. The lowest BCUT2D eigenvalue weighted by Gasteiger charge is -2.30. The third kappa shape index (κ3) is 3.93. The van der Waals surface area contributed by atoms with Crippen LogP contribution in [-0.2, 0) is 6.42 Å². The predicted molar refractivity (Wildman–Crippen MR) is 142 cm³/mol. The minimum Gasteiger partial charge on any atom is -0.506 e. The molecule has 0 amide bonds. The smallest absolute Gasteiger partial charge is 0.271 e. The van der Waals surface area contributed by atoms with Gasteiger partial charge in [0.1, 0.15) is 11.6 Å². The summed E-state index contributed by atoms with van der Waals surface area (Å²) in [6.07, 6.45) is 2.93. The number of non-ortho nitro benzene ring substituents is 1. The van der Waals surface area contributed by atoms with Crippen molar-refractivity contribution in [2.24, 2.45) is 4.99 Å². The Morgan fingerprint density at radius 1 is 1.16 bits per heavy atom. The van der Waals surface area contributed by atoms with Crippen molar-refractivity contribution in [1.29, 1.82) is 0 Å². The third-order valence-electron chi connectivity index (χ3n) is 6.63. The van der Waals surface area contributed by atoms with Crippen LogP contribution in [0.2, 0.25) is 0 Å². The number of aromatic nitrogens is 1. The number of hydrogen-bond acceptors (Lipinski definition) is 6. The van der Waals surface area contributed by atoms with E-state index in [0.29, 0.717) is 11.2 Å². The average Bonchev–Trinajstić information content (AvgIpc) is 3.20. The highest BCUT2D eigenvalue weighted by atomic mass is 79.9. The first-order valence-electron chi connectivity index (χ1n) is 11.4. The summed E-state index contributed by atoms with van der Waals surface area (Å²) in [6.45, 7) is 0. The maximum absolute atomic E-state index is 13.8. The molecular weight excluding hydrogens is 561 g/mol. The Morgan fingerprint density at radius 2 is 1.92 bits per heavy atom. The molecule has 10 heteroatoms. The van der Waals surface area contributed by atoms with Gasteiger partial charge in [-0.05, 0) is 63.7 Å². The minimum atomic E-state index is -0.566. The van der Waals surface area contributed by atoms with Crippen LogP contribution >= 0.6 is 27.3 Å². The quantitative estimate of drug-likeness (QED) is 0.278. The summed E-state index contributed by atoms with van der Waals surface area (Å²) in [4.78, 5) is 29.9. The van der Waals surface area contributed by atoms with Crippen molar-refractivity contribution in [2.75, 3.05) is 0 Å². The Hall–Kier alpha value is -3.89. The second-order valence-corrected chi connectivity index (χ2v) is 10.7. The molecule has 1 aromatic heterocycles. The van der Waals surface area contributed by atoms with Gasteiger partial charge in [-0.2, -0.15) is 0 Å². The predicted octanol–water partition coefficient (Wildman–Crippen LogP) is 4.83. The van der Waals surface area contributed by atoms with Crippen LogP contribution in [0, 0.1) is 15.9 Å². The van der Waals surface area contributed by atoms with Gasteiger partial charge in [-0.1, -0.05) is 47.7 Å². The van der Waals surface area contributed by atoms with Gasteiger partial charge in [-0.15, -0.1) is 0 Å². The largest absolute Gasteiger partial charge is 0.506 e. The zero-order chi connectivity index (χ0) is 25.8. The number of aryl methyl sites for hydroxylation is 1. The third-order valence-corrected chi connectivity index (χ3v) is 8.22. The zero-order valence-corrected chi connectivity index (χ0v) is 21.4. The fraction of sp³-hybridized carbons (Fsp3) is 0.111. The molecule has 1 N–H and O–H groups in total. The lowest BCUT2D eigenvalue weighted by Crippen LogP contribution is -2.38. The average molecular weight is 578 g/mol. The van der Waals surface area contributed by atoms with Crippen molar-refractivity contribution in [2.45, 2.75) is 18.9 Å². The molecule has 0 saturated carbocycles. The molecule has 1 unspecified atom stereocenters. The van der Waals surface area contributed by atoms with Crippen LogP contribution in [-0.4, -0.2) is 14.6 Å². The monoisotopic (exact) mass is 577 g/mol. The second kappa shape index (κ2) is 8.89. The van der Waals surface area contributed by atoms with E-state index in [9.17, 15) is 24.4 Å². The number of benzene rings is 3. The molecule has 1 aliphatic carbocycles. The molecule has 0 spiro atoms. The Morgan fingerprint density at radius 3 is 2.68 bits per heavy atom. The van der Waals surface area contributed by atoms with Gasteiger partial charge in [-0.25, -0.2) is 9.38 Å². The van der Waals surface area contributed by atoms with Crippen molar-refractivity contribution in [1.82, 2.24) is 4.57 Å². The molecule has 6 rings (SSSR count). The molecule has 2 aliphatic rings. The van der Waals surface area contributed by atoms with Crippen molar-refractivity contribution >= 4 is 44.7 Å². The molecule has 0 fully saturated rings. The van der Waals surface area contributed by atoms with E-state index in [4.69, 9.17) is 4.99 Å².